The fraction of sp³-hybridized carbons (Fsp3) is 0.609. The summed E-state index contributed by atoms with van der Waals surface area (Å²) >= 11 is 0. The third-order valence-electron chi connectivity index (χ3n) is 5.67. The minimum absolute atomic E-state index is 0.140. The van der Waals surface area contributed by atoms with E-state index >= 15 is 0 Å². The molecule has 2 aromatic heterocycles. The van der Waals surface area contributed by atoms with Crippen molar-refractivity contribution in [1.29, 1.82) is 0 Å². The summed E-state index contributed by atoms with van der Waals surface area (Å²) in [7, 11) is 0. The summed E-state index contributed by atoms with van der Waals surface area (Å²) in [5, 5.41) is 8.68. The zero-order chi connectivity index (χ0) is 26.3. The van der Waals surface area contributed by atoms with Crippen LogP contribution in [0.5, 0.6) is 0 Å². The van der Waals surface area contributed by atoms with Crippen molar-refractivity contribution in [1.82, 2.24) is 25.7 Å². The monoisotopic (exact) mass is 511 g/mol. The number of amides is 3. The molecule has 2 aromatic rings. The summed E-state index contributed by atoms with van der Waals surface area (Å²) in [6.07, 6.45) is 0.298. The van der Waals surface area contributed by atoms with Crippen LogP contribution in [0.3, 0.4) is 0 Å². The molecule has 0 radical (unpaired) electrons. The standard InChI is InChI=1S/C23H31F2N5O6/c1-4-6-23(24,25)12-17(28-22(33)30-7-9-34-10-8-30)20(32)27-15(5-2)19(31)21-26-13-18(35-21)16-11-14(3)36-29-16/h11,13,15,17H,4-10,12H2,1-3H3,(H,27,32)(H,28,33)/t15-,17-/m0/s1. The fourth-order valence-corrected chi connectivity index (χ4v) is 3.75. The van der Waals surface area contributed by atoms with Gasteiger partial charge in [-0.1, -0.05) is 25.4 Å². The average Bonchev–Trinajstić information content (AvgIpc) is 3.51. The van der Waals surface area contributed by atoms with Crippen LogP contribution in [0.4, 0.5) is 13.6 Å². The van der Waals surface area contributed by atoms with Crippen molar-refractivity contribution in [3.8, 4) is 11.5 Å². The second kappa shape index (κ2) is 12.1. The van der Waals surface area contributed by atoms with E-state index in [2.05, 4.69) is 20.8 Å². The predicted molar refractivity (Wildman–Crippen MR) is 122 cm³/mol. The lowest BCUT2D eigenvalue weighted by Gasteiger charge is -2.30. The van der Waals surface area contributed by atoms with E-state index in [9.17, 15) is 23.2 Å². The van der Waals surface area contributed by atoms with Gasteiger partial charge in [0, 0.05) is 32.0 Å². The summed E-state index contributed by atoms with van der Waals surface area (Å²) in [5.74, 6) is -4.26. The Labute approximate surface area is 206 Å². The molecule has 36 heavy (non-hydrogen) atoms. The number of aryl methyl sites for hydroxylation is 1. The second-order valence-corrected chi connectivity index (χ2v) is 8.60. The van der Waals surface area contributed by atoms with Crippen molar-refractivity contribution in [2.24, 2.45) is 0 Å². The number of ether oxygens (including phenoxy) is 1. The van der Waals surface area contributed by atoms with E-state index in [0.717, 1.165) is 0 Å². The number of carbonyl (C=O) groups excluding carboxylic acids is 3. The Balaban J connectivity index is 1.72. The van der Waals surface area contributed by atoms with E-state index in [1.54, 1.807) is 26.8 Å². The second-order valence-electron chi connectivity index (χ2n) is 8.60. The molecule has 2 N–H and O–H groups in total. The molecule has 13 heteroatoms. The zero-order valence-electron chi connectivity index (χ0n) is 20.5. The van der Waals surface area contributed by atoms with Crippen molar-refractivity contribution in [2.45, 2.75) is 64.5 Å². The highest BCUT2D eigenvalue weighted by molar-refractivity contribution is 5.99. The third-order valence-corrected chi connectivity index (χ3v) is 5.67. The molecule has 0 saturated carbocycles. The van der Waals surface area contributed by atoms with Crippen LogP contribution in [0.2, 0.25) is 0 Å². The van der Waals surface area contributed by atoms with E-state index in [0.29, 0.717) is 24.7 Å². The molecular weight excluding hydrogens is 480 g/mol. The molecule has 3 heterocycles. The summed E-state index contributed by atoms with van der Waals surface area (Å²) in [6, 6.07) is -1.70. The van der Waals surface area contributed by atoms with Crippen LogP contribution in [0.1, 0.15) is 56.0 Å². The summed E-state index contributed by atoms with van der Waals surface area (Å²) in [4.78, 5) is 44.0. The van der Waals surface area contributed by atoms with Crippen LogP contribution in [0.15, 0.2) is 21.2 Å². The SMILES string of the molecule is CCCC(F)(F)C[C@H](NC(=O)N1CCOCC1)C(=O)N[C@@H](CC)C(=O)c1ncc(-c2cc(C)on2)o1. The molecule has 1 aliphatic heterocycles. The summed E-state index contributed by atoms with van der Waals surface area (Å²) < 4.78 is 44.6. The number of carbonyl (C=O) groups is 3. The van der Waals surface area contributed by atoms with Gasteiger partial charge in [0.15, 0.2) is 11.5 Å². The summed E-state index contributed by atoms with van der Waals surface area (Å²) in [5.41, 5.74) is 0.347. The molecule has 0 spiro atoms. The minimum atomic E-state index is -3.19. The van der Waals surface area contributed by atoms with Crippen LogP contribution in [0, 0.1) is 6.92 Å². The van der Waals surface area contributed by atoms with Gasteiger partial charge in [0.2, 0.25) is 11.7 Å². The van der Waals surface area contributed by atoms with Gasteiger partial charge in [-0.2, -0.15) is 0 Å². The Kier molecular flexibility index (Phi) is 9.13. The van der Waals surface area contributed by atoms with Crippen LogP contribution < -0.4 is 10.6 Å². The molecule has 1 aliphatic rings. The Hall–Kier alpha value is -3.35. The van der Waals surface area contributed by atoms with Gasteiger partial charge in [0.1, 0.15) is 11.8 Å². The highest BCUT2D eigenvalue weighted by Crippen LogP contribution is 2.26. The third kappa shape index (κ3) is 7.09. The predicted octanol–water partition coefficient (Wildman–Crippen LogP) is 2.95. The largest absolute Gasteiger partial charge is 0.432 e. The van der Waals surface area contributed by atoms with Crippen LogP contribution >= 0.6 is 0 Å². The Bertz CT molecular complexity index is 1050. The van der Waals surface area contributed by atoms with Gasteiger partial charge in [-0.3, -0.25) is 9.59 Å². The number of ketones is 1. The van der Waals surface area contributed by atoms with E-state index in [1.165, 1.54) is 11.1 Å². The number of nitrogens with one attached hydrogen (secondary N) is 2. The number of morpholine rings is 1. The molecule has 3 amide bonds. The maximum absolute atomic E-state index is 14.5. The number of Topliss-reactive ketones (excluding diaryl/α,β-unsaturated/α-hetero) is 1. The lowest BCUT2D eigenvalue weighted by molar-refractivity contribution is -0.126. The topological polar surface area (TPSA) is 140 Å². The first-order valence-corrected chi connectivity index (χ1v) is 11.9. The zero-order valence-corrected chi connectivity index (χ0v) is 20.5. The Morgan fingerprint density at radius 2 is 1.89 bits per heavy atom. The van der Waals surface area contributed by atoms with Gasteiger partial charge >= 0.3 is 6.03 Å². The quantitative estimate of drug-likeness (QED) is 0.439. The number of hydrogen-bond acceptors (Lipinski definition) is 8. The van der Waals surface area contributed by atoms with Crippen molar-refractivity contribution < 1.29 is 36.8 Å². The van der Waals surface area contributed by atoms with Crippen molar-refractivity contribution in [3.63, 3.8) is 0 Å². The molecule has 2 atom stereocenters. The Morgan fingerprint density at radius 1 is 1.17 bits per heavy atom. The number of oxazole rings is 1. The van der Waals surface area contributed by atoms with Gasteiger partial charge in [-0.25, -0.2) is 18.6 Å². The summed E-state index contributed by atoms with van der Waals surface area (Å²) in [6.45, 7) is 6.12. The maximum atomic E-state index is 14.5. The van der Waals surface area contributed by atoms with Gasteiger partial charge in [-0.15, -0.1) is 0 Å². The van der Waals surface area contributed by atoms with Crippen molar-refractivity contribution in [3.05, 3.63) is 23.9 Å². The van der Waals surface area contributed by atoms with Gasteiger partial charge < -0.3 is 29.2 Å². The van der Waals surface area contributed by atoms with Crippen molar-refractivity contribution in [2.75, 3.05) is 26.3 Å². The fourth-order valence-electron chi connectivity index (χ4n) is 3.75. The number of rotatable bonds is 11. The van der Waals surface area contributed by atoms with Gasteiger partial charge in [-0.05, 0) is 13.3 Å². The number of halogens is 2. The van der Waals surface area contributed by atoms with Crippen LogP contribution in [-0.2, 0) is 9.53 Å². The number of hydrogen-bond donors (Lipinski definition) is 2. The number of urea groups is 1. The first-order chi connectivity index (χ1) is 17.1. The van der Waals surface area contributed by atoms with Crippen molar-refractivity contribution >= 4 is 17.7 Å². The lowest BCUT2D eigenvalue weighted by atomic mass is 10.0. The van der Waals surface area contributed by atoms with Crippen LogP contribution in [0.25, 0.3) is 11.5 Å². The molecule has 198 valence electrons. The first kappa shape index (κ1) is 27.2. The molecular formula is C23H31F2N5O6. The average molecular weight is 512 g/mol. The normalized spacial score (nSPS) is 15.9. The molecule has 1 fully saturated rings. The first-order valence-electron chi connectivity index (χ1n) is 11.9. The smallest absolute Gasteiger partial charge is 0.318 e. The maximum Gasteiger partial charge on any atom is 0.318 e. The number of nitrogens with zero attached hydrogens (tertiary/aromatic N) is 3. The van der Waals surface area contributed by atoms with E-state index in [4.69, 9.17) is 13.7 Å². The van der Waals surface area contributed by atoms with E-state index in [-0.39, 0.29) is 37.6 Å². The molecule has 11 nitrogen and oxygen atoms in total. The molecule has 0 unspecified atom stereocenters. The molecule has 0 aromatic carbocycles. The van der Waals surface area contributed by atoms with Crippen LogP contribution in [-0.4, -0.2) is 77.1 Å². The number of alkyl halides is 2. The molecule has 0 aliphatic carbocycles. The van der Waals surface area contributed by atoms with Gasteiger partial charge in [0.25, 0.3) is 11.8 Å². The van der Waals surface area contributed by atoms with E-state index < -0.39 is 48.6 Å². The molecule has 0 bridgehead atoms. The lowest BCUT2D eigenvalue weighted by Crippen LogP contribution is -2.56. The molecule has 1 saturated heterocycles. The Morgan fingerprint density at radius 3 is 2.50 bits per heavy atom. The van der Waals surface area contributed by atoms with E-state index in [1.807, 2.05) is 0 Å². The highest BCUT2D eigenvalue weighted by Gasteiger charge is 2.38. The minimum Gasteiger partial charge on any atom is -0.432 e. The highest BCUT2D eigenvalue weighted by atomic mass is 19.3. The number of aromatic nitrogens is 2. The molecule has 3 rings (SSSR count). The van der Waals surface area contributed by atoms with Gasteiger partial charge in [0.05, 0.1) is 25.5 Å².